The number of hydrogen-bond acceptors (Lipinski definition) is 5. The molecule has 3 heterocycles. The number of nitrogens with zero attached hydrogens (tertiary/aromatic N) is 1. The molecule has 1 saturated carbocycles. The molecule has 0 spiro atoms. The first kappa shape index (κ1) is 29.3. The standard InChI is InChI=1S/C38H44N2O4/c1-25-7-5-17-37(2)32(28-14-12-26(21-27(41)13-11-25)22-31(28)36(42)35-10-6-20-44-35)15-18-38(37,43)24-40-19-16-30-29-8-3-4-9-33(29)39-34(30)23-40/h3-4,6-10,12,14,20,22,27,32,39,41,43H,5,11,13,15-19,21,23-24H2,1-2H3. The Bertz CT molecular complexity index is 1700. The van der Waals surface area contributed by atoms with Crippen LogP contribution in [0.4, 0.5) is 0 Å². The first-order valence-electron chi connectivity index (χ1n) is 16.3. The van der Waals surface area contributed by atoms with Gasteiger partial charge in [-0.15, -0.1) is 0 Å². The van der Waals surface area contributed by atoms with Gasteiger partial charge < -0.3 is 19.6 Å². The summed E-state index contributed by atoms with van der Waals surface area (Å²) >= 11 is 0. The Balaban J connectivity index is 1.25. The summed E-state index contributed by atoms with van der Waals surface area (Å²) in [5, 5.41) is 24.9. The second kappa shape index (κ2) is 11.5. The largest absolute Gasteiger partial charge is 0.461 e. The molecule has 3 aliphatic carbocycles. The van der Waals surface area contributed by atoms with Crippen molar-refractivity contribution in [1.29, 1.82) is 0 Å². The highest BCUT2D eigenvalue weighted by Crippen LogP contribution is 2.59. The van der Waals surface area contributed by atoms with Crippen molar-refractivity contribution < 1.29 is 19.4 Å². The first-order valence-corrected chi connectivity index (χ1v) is 16.3. The molecule has 1 fully saturated rings. The van der Waals surface area contributed by atoms with E-state index in [1.807, 2.05) is 6.07 Å². The number of H-pyrrole nitrogens is 1. The third kappa shape index (κ3) is 5.17. The van der Waals surface area contributed by atoms with Crippen molar-refractivity contribution in [3.63, 3.8) is 0 Å². The topological polar surface area (TPSA) is 89.7 Å². The number of rotatable bonds is 4. The Morgan fingerprint density at radius 3 is 2.80 bits per heavy atom. The van der Waals surface area contributed by atoms with E-state index in [-0.39, 0.29) is 11.7 Å². The summed E-state index contributed by atoms with van der Waals surface area (Å²) in [5.41, 5.74) is 6.34. The highest BCUT2D eigenvalue weighted by molar-refractivity contribution is 6.08. The lowest BCUT2D eigenvalue weighted by Crippen LogP contribution is -2.53. The first-order chi connectivity index (χ1) is 21.2. The number of aliphatic hydroxyl groups is 2. The molecule has 2 aromatic carbocycles. The van der Waals surface area contributed by atoms with Gasteiger partial charge >= 0.3 is 0 Å². The Labute approximate surface area is 259 Å². The van der Waals surface area contributed by atoms with Gasteiger partial charge in [-0.2, -0.15) is 0 Å². The van der Waals surface area contributed by atoms with Crippen LogP contribution in [0.5, 0.6) is 0 Å². The van der Waals surface area contributed by atoms with E-state index in [9.17, 15) is 15.0 Å². The number of β-amino-alcohol motifs (C(OH)–C–C–N with tert-alkyl or cyclic N) is 1. The number of carbonyl (C=O) groups is 1. The molecule has 4 atom stereocenters. The number of fused-ring (bicyclic) bond motifs is 11. The molecule has 1 aliphatic heterocycles. The molecule has 44 heavy (non-hydrogen) atoms. The quantitative estimate of drug-likeness (QED) is 0.174. The van der Waals surface area contributed by atoms with Crippen LogP contribution in [0.15, 0.2) is 76.9 Å². The van der Waals surface area contributed by atoms with Crippen LogP contribution >= 0.6 is 0 Å². The SMILES string of the molecule is CC1=CCCC2(C)C(CCC2(O)CN2CCc3c([nH]c4ccccc34)C2)c2ccc(cc2C(=O)c2ccco2)CC(O)CC1. The van der Waals surface area contributed by atoms with Gasteiger partial charge in [0.25, 0.3) is 0 Å². The van der Waals surface area contributed by atoms with Crippen molar-refractivity contribution in [2.45, 2.75) is 89.4 Å². The third-order valence-electron chi connectivity index (χ3n) is 11.1. The number of allylic oxidation sites excluding steroid dienone is 2. The van der Waals surface area contributed by atoms with Crippen LogP contribution in [0.2, 0.25) is 0 Å². The van der Waals surface area contributed by atoms with Crippen LogP contribution < -0.4 is 0 Å². The molecule has 2 aromatic heterocycles. The summed E-state index contributed by atoms with van der Waals surface area (Å²) < 4.78 is 5.57. The van der Waals surface area contributed by atoms with E-state index in [0.29, 0.717) is 37.1 Å². The van der Waals surface area contributed by atoms with Gasteiger partial charge in [0.2, 0.25) is 5.78 Å². The molecule has 6 heteroatoms. The highest BCUT2D eigenvalue weighted by Gasteiger charge is 2.57. The van der Waals surface area contributed by atoms with E-state index in [1.165, 1.54) is 34.0 Å². The van der Waals surface area contributed by atoms with E-state index in [4.69, 9.17) is 4.42 Å². The summed E-state index contributed by atoms with van der Waals surface area (Å²) in [5.74, 6) is 0.191. The average molecular weight is 593 g/mol. The van der Waals surface area contributed by atoms with E-state index in [0.717, 1.165) is 56.3 Å². The minimum absolute atomic E-state index is 0.00506. The lowest BCUT2D eigenvalue weighted by molar-refractivity contribution is -0.0857. The van der Waals surface area contributed by atoms with Gasteiger partial charge in [0.1, 0.15) is 0 Å². The monoisotopic (exact) mass is 592 g/mol. The smallest absolute Gasteiger partial charge is 0.228 e. The molecular formula is C38H44N2O4. The van der Waals surface area contributed by atoms with E-state index in [1.54, 1.807) is 12.1 Å². The van der Waals surface area contributed by atoms with Crippen LogP contribution in [0.25, 0.3) is 10.9 Å². The molecule has 0 amide bonds. The molecule has 0 saturated heterocycles. The zero-order valence-electron chi connectivity index (χ0n) is 25.9. The molecule has 6 nitrogen and oxygen atoms in total. The minimum Gasteiger partial charge on any atom is -0.461 e. The number of benzene rings is 2. The number of ketones is 1. The van der Waals surface area contributed by atoms with Crippen LogP contribution in [0.3, 0.4) is 0 Å². The summed E-state index contributed by atoms with van der Waals surface area (Å²) in [4.78, 5) is 20.0. The predicted octanol–water partition coefficient (Wildman–Crippen LogP) is 7.09. The maximum Gasteiger partial charge on any atom is 0.228 e. The number of furan rings is 1. The van der Waals surface area contributed by atoms with Gasteiger partial charge in [-0.25, -0.2) is 0 Å². The Morgan fingerprint density at radius 1 is 1.09 bits per heavy atom. The van der Waals surface area contributed by atoms with Crippen LogP contribution in [0.1, 0.15) is 96.8 Å². The van der Waals surface area contributed by atoms with Crippen LogP contribution in [-0.2, 0) is 19.4 Å². The summed E-state index contributed by atoms with van der Waals surface area (Å²) in [6.45, 7) is 6.72. The van der Waals surface area contributed by atoms with Crippen LogP contribution in [-0.4, -0.2) is 50.7 Å². The number of aliphatic hydroxyl groups excluding tert-OH is 1. The molecule has 4 aliphatic rings. The number of aromatic amines is 1. The summed E-state index contributed by atoms with van der Waals surface area (Å²) in [6.07, 6.45) is 9.51. The highest BCUT2D eigenvalue weighted by atomic mass is 16.3. The lowest BCUT2D eigenvalue weighted by Gasteiger charge is -2.46. The molecule has 0 radical (unpaired) electrons. The van der Waals surface area contributed by atoms with Crippen molar-refractivity contribution in [3.8, 4) is 0 Å². The van der Waals surface area contributed by atoms with E-state index in [2.05, 4.69) is 66.2 Å². The Kier molecular flexibility index (Phi) is 7.64. The second-order valence-corrected chi connectivity index (χ2v) is 13.8. The van der Waals surface area contributed by atoms with Crippen molar-refractivity contribution in [3.05, 3.63) is 106 Å². The fourth-order valence-corrected chi connectivity index (χ4v) is 8.49. The molecular weight excluding hydrogens is 548 g/mol. The average Bonchev–Trinajstić information content (AvgIpc) is 3.73. The van der Waals surface area contributed by atoms with Crippen LogP contribution in [0, 0.1) is 5.41 Å². The third-order valence-corrected chi connectivity index (χ3v) is 11.1. The van der Waals surface area contributed by atoms with E-state index >= 15 is 0 Å². The zero-order valence-corrected chi connectivity index (χ0v) is 25.9. The van der Waals surface area contributed by atoms with Crippen molar-refractivity contribution in [2.24, 2.45) is 5.41 Å². The fourth-order valence-electron chi connectivity index (χ4n) is 8.49. The number of carbonyl (C=O) groups excluding carboxylic acids is 1. The number of nitrogens with one attached hydrogen (secondary N) is 1. The summed E-state index contributed by atoms with van der Waals surface area (Å²) in [7, 11) is 0. The Morgan fingerprint density at radius 2 is 1.95 bits per heavy atom. The molecule has 3 N–H and O–H groups in total. The fraction of sp³-hybridized carbons (Fsp3) is 0.447. The minimum atomic E-state index is -0.917. The summed E-state index contributed by atoms with van der Waals surface area (Å²) in [6, 6.07) is 18.1. The van der Waals surface area contributed by atoms with Gasteiger partial charge in [-0.1, -0.05) is 48.9 Å². The van der Waals surface area contributed by atoms with Gasteiger partial charge in [-0.05, 0) is 105 Å². The van der Waals surface area contributed by atoms with Gasteiger partial charge in [0.05, 0.1) is 18.0 Å². The van der Waals surface area contributed by atoms with Gasteiger partial charge in [-0.3, -0.25) is 9.69 Å². The number of para-hydroxylation sites is 1. The second-order valence-electron chi connectivity index (χ2n) is 13.8. The van der Waals surface area contributed by atoms with E-state index < -0.39 is 17.1 Å². The molecule has 2 bridgehead atoms. The number of aromatic nitrogens is 1. The van der Waals surface area contributed by atoms with Crippen molar-refractivity contribution >= 4 is 16.7 Å². The maximum atomic E-state index is 13.9. The molecule has 8 rings (SSSR count). The number of hydrogen-bond donors (Lipinski definition) is 3. The molecule has 230 valence electrons. The normalized spacial score (nSPS) is 28.0. The maximum absolute atomic E-state index is 13.9. The molecule has 4 aromatic rings. The van der Waals surface area contributed by atoms with Crippen molar-refractivity contribution in [2.75, 3.05) is 13.1 Å². The van der Waals surface area contributed by atoms with Gasteiger partial charge in [0.15, 0.2) is 5.76 Å². The lowest BCUT2D eigenvalue weighted by atomic mass is 9.64. The molecule has 4 unspecified atom stereocenters. The van der Waals surface area contributed by atoms with Gasteiger partial charge in [0, 0.05) is 47.2 Å². The zero-order chi connectivity index (χ0) is 30.5. The Hall–Kier alpha value is -3.45. The predicted molar refractivity (Wildman–Crippen MR) is 173 cm³/mol. The van der Waals surface area contributed by atoms with Crippen molar-refractivity contribution in [1.82, 2.24) is 9.88 Å².